The Kier molecular flexibility index (Phi) is 5.34. The van der Waals surface area contributed by atoms with Crippen LogP contribution in [0.4, 0.5) is 10.1 Å². The Balaban J connectivity index is 2.03. The number of halogens is 1. The maximum absolute atomic E-state index is 13.6. The van der Waals surface area contributed by atoms with Crippen molar-refractivity contribution in [2.75, 3.05) is 12.5 Å². The molecule has 5 nitrogen and oxygen atoms in total. The number of ether oxygens (including phenoxy) is 1. The lowest BCUT2D eigenvalue weighted by molar-refractivity contribution is 0.0595. The van der Waals surface area contributed by atoms with Gasteiger partial charge in [-0.05, 0) is 0 Å². The topological polar surface area (TPSA) is 63.6 Å². The zero-order chi connectivity index (χ0) is 18.4. The van der Waals surface area contributed by atoms with Crippen LogP contribution in [0.3, 0.4) is 0 Å². The van der Waals surface area contributed by atoms with Crippen LogP contribution >= 0.6 is 0 Å². The van der Waals surface area contributed by atoms with Crippen molar-refractivity contribution in [3.05, 3.63) is 95.6 Å². The molecule has 3 rings (SSSR count). The highest BCUT2D eigenvalue weighted by molar-refractivity contribution is 6.13. The molecule has 3 aromatic rings. The van der Waals surface area contributed by atoms with Gasteiger partial charge in [-0.15, -0.1) is 0 Å². The van der Waals surface area contributed by atoms with Crippen molar-refractivity contribution in [2.45, 2.75) is 0 Å². The summed E-state index contributed by atoms with van der Waals surface area (Å²) in [7, 11) is 1.24. The first-order valence-electron chi connectivity index (χ1n) is 7.87. The Hall–Kier alpha value is -3.54. The minimum Gasteiger partial charge on any atom is -0.464 e. The van der Waals surface area contributed by atoms with Gasteiger partial charge in [0.05, 0.1) is 24.7 Å². The molecule has 0 atom stereocenters. The summed E-state index contributed by atoms with van der Waals surface area (Å²) in [6.45, 7) is 0. The summed E-state index contributed by atoms with van der Waals surface area (Å²) in [5, 5.41) is 4.41. The first-order chi connectivity index (χ1) is 12.7. The smallest absolute Gasteiger partial charge is 0.358 e. The molecule has 130 valence electrons. The number of carbonyl (C=O) groups is 1. The number of benzene rings is 2. The van der Waals surface area contributed by atoms with Gasteiger partial charge in [0.2, 0.25) is 0 Å². The first-order valence-corrected chi connectivity index (χ1v) is 7.87. The summed E-state index contributed by atoms with van der Waals surface area (Å²) < 4.78 is 18.3. The minimum atomic E-state index is -0.677. The summed E-state index contributed by atoms with van der Waals surface area (Å²) in [5.41, 5.74) is 5.22. The van der Waals surface area contributed by atoms with Gasteiger partial charge in [0, 0.05) is 17.2 Å². The SMILES string of the molecule is COC(=O)c1ncc(F)cc1NN=C(c1ccccc1)c1ccccc1. The molecule has 6 heteroatoms. The summed E-state index contributed by atoms with van der Waals surface area (Å²) in [5.74, 6) is -1.26. The van der Waals surface area contributed by atoms with Gasteiger partial charge in [-0.3, -0.25) is 5.43 Å². The molecule has 2 aromatic carbocycles. The molecule has 0 aliphatic carbocycles. The number of esters is 1. The fourth-order valence-electron chi connectivity index (χ4n) is 2.39. The molecule has 1 N–H and O–H groups in total. The number of rotatable bonds is 5. The number of anilines is 1. The number of pyridine rings is 1. The second kappa shape index (κ2) is 8.02. The van der Waals surface area contributed by atoms with E-state index in [0.29, 0.717) is 5.71 Å². The van der Waals surface area contributed by atoms with Crippen molar-refractivity contribution >= 4 is 17.4 Å². The van der Waals surface area contributed by atoms with Crippen LogP contribution < -0.4 is 5.43 Å². The molecule has 0 fully saturated rings. The molecule has 26 heavy (non-hydrogen) atoms. The third kappa shape index (κ3) is 3.92. The normalized spacial score (nSPS) is 10.1. The average Bonchev–Trinajstić information content (AvgIpc) is 2.69. The van der Waals surface area contributed by atoms with Crippen molar-refractivity contribution < 1.29 is 13.9 Å². The van der Waals surface area contributed by atoms with Gasteiger partial charge < -0.3 is 4.74 Å². The van der Waals surface area contributed by atoms with E-state index in [0.717, 1.165) is 23.4 Å². The monoisotopic (exact) mass is 349 g/mol. The zero-order valence-electron chi connectivity index (χ0n) is 14.0. The van der Waals surface area contributed by atoms with E-state index in [1.54, 1.807) is 0 Å². The summed E-state index contributed by atoms with van der Waals surface area (Å²) in [6, 6.07) is 20.2. The van der Waals surface area contributed by atoms with E-state index in [-0.39, 0.29) is 11.4 Å². The maximum Gasteiger partial charge on any atom is 0.358 e. The Bertz CT molecular complexity index is 887. The van der Waals surface area contributed by atoms with Gasteiger partial charge in [0.15, 0.2) is 5.69 Å². The number of carbonyl (C=O) groups excluding carboxylic acids is 1. The Labute approximate surface area is 150 Å². The highest BCUT2D eigenvalue weighted by atomic mass is 19.1. The van der Waals surface area contributed by atoms with Crippen molar-refractivity contribution in [2.24, 2.45) is 5.10 Å². The quantitative estimate of drug-likeness (QED) is 0.431. The molecule has 1 heterocycles. The minimum absolute atomic E-state index is 0.0434. The van der Waals surface area contributed by atoms with Crippen LogP contribution in [0.5, 0.6) is 0 Å². The average molecular weight is 349 g/mol. The van der Waals surface area contributed by atoms with Crippen LogP contribution in [0.15, 0.2) is 78.0 Å². The molecule has 0 spiro atoms. The summed E-state index contributed by atoms with van der Waals surface area (Å²) in [4.78, 5) is 15.6. The third-order valence-electron chi connectivity index (χ3n) is 3.62. The van der Waals surface area contributed by atoms with Crippen LogP contribution in [0.2, 0.25) is 0 Å². The molecule has 0 aliphatic rings. The Morgan fingerprint density at radius 1 is 1.04 bits per heavy atom. The predicted molar refractivity (Wildman–Crippen MR) is 97.7 cm³/mol. The number of nitrogens with one attached hydrogen (secondary N) is 1. The summed E-state index contributed by atoms with van der Waals surface area (Å²) >= 11 is 0. The van der Waals surface area contributed by atoms with Crippen molar-refractivity contribution in [1.29, 1.82) is 0 Å². The number of hydrogen-bond acceptors (Lipinski definition) is 5. The third-order valence-corrected chi connectivity index (χ3v) is 3.62. The van der Waals surface area contributed by atoms with Gasteiger partial charge in [-0.2, -0.15) is 5.10 Å². The van der Waals surface area contributed by atoms with Crippen LogP contribution in [0, 0.1) is 5.82 Å². The highest BCUT2D eigenvalue weighted by Gasteiger charge is 2.15. The molecule has 0 unspecified atom stereocenters. The van der Waals surface area contributed by atoms with E-state index in [1.165, 1.54) is 7.11 Å². The van der Waals surface area contributed by atoms with E-state index < -0.39 is 11.8 Å². The molecular weight excluding hydrogens is 333 g/mol. The predicted octanol–water partition coefficient (Wildman–Crippen LogP) is 3.87. The lowest BCUT2D eigenvalue weighted by Crippen LogP contribution is -2.11. The second-order valence-corrected chi connectivity index (χ2v) is 5.35. The molecule has 0 saturated carbocycles. The molecule has 0 bridgehead atoms. The molecule has 0 amide bonds. The summed E-state index contributed by atoms with van der Waals surface area (Å²) in [6.07, 6.45) is 0.955. The van der Waals surface area contributed by atoms with E-state index in [1.807, 2.05) is 60.7 Å². The van der Waals surface area contributed by atoms with Gasteiger partial charge in [0.25, 0.3) is 0 Å². The number of hydrogen-bond donors (Lipinski definition) is 1. The van der Waals surface area contributed by atoms with Gasteiger partial charge in [-0.25, -0.2) is 14.2 Å². The lowest BCUT2D eigenvalue weighted by Gasteiger charge is -2.10. The second-order valence-electron chi connectivity index (χ2n) is 5.35. The standard InChI is InChI=1S/C20H16FN3O2/c1-26-20(25)19-17(12-16(21)13-22-19)23-24-18(14-8-4-2-5-9-14)15-10-6-3-7-11-15/h2-13,23H,1H3. The molecule has 0 saturated heterocycles. The lowest BCUT2D eigenvalue weighted by atomic mass is 10.0. The van der Waals surface area contributed by atoms with Crippen LogP contribution in [-0.4, -0.2) is 23.8 Å². The molecule has 0 radical (unpaired) electrons. The number of methoxy groups -OCH3 is 1. The first kappa shape index (κ1) is 17.3. The Morgan fingerprint density at radius 2 is 1.62 bits per heavy atom. The van der Waals surface area contributed by atoms with Crippen molar-refractivity contribution in [1.82, 2.24) is 4.98 Å². The van der Waals surface area contributed by atoms with E-state index in [4.69, 9.17) is 0 Å². The number of nitrogens with zero attached hydrogens (tertiary/aromatic N) is 2. The fourth-order valence-corrected chi connectivity index (χ4v) is 2.39. The van der Waals surface area contributed by atoms with E-state index >= 15 is 0 Å². The highest BCUT2D eigenvalue weighted by Crippen LogP contribution is 2.17. The zero-order valence-corrected chi connectivity index (χ0v) is 14.0. The molecule has 0 aliphatic heterocycles. The van der Waals surface area contributed by atoms with Gasteiger partial charge in [-0.1, -0.05) is 60.7 Å². The van der Waals surface area contributed by atoms with E-state index in [2.05, 4.69) is 20.2 Å². The number of aromatic nitrogens is 1. The largest absolute Gasteiger partial charge is 0.464 e. The molecule has 1 aromatic heterocycles. The van der Waals surface area contributed by atoms with Crippen molar-refractivity contribution in [3.63, 3.8) is 0 Å². The maximum atomic E-state index is 13.6. The van der Waals surface area contributed by atoms with Gasteiger partial charge >= 0.3 is 5.97 Å². The van der Waals surface area contributed by atoms with E-state index in [9.17, 15) is 9.18 Å². The molecular formula is C20H16FN3O2. The van der Waals surface area contributed by atoms with Crippen LogP contribution in [0.25, 0.3) is 0 Å². The van der Waals surface area contributed by atoms with Crippen LogP contribution in [0.1, 0.15) is 21.6 Å². The fraction of sp³-hybridized carbons (Fsp3) is 0.0500. The Morgan fingerprint density at radius 3 is 2.15 bits per heavy atom. The number of hydrazone groups is 1. The van der Waals surface area contributed by atoms with Crippen molar-refractivity contribution in [3.8, 4) is 0 Å². The van der Waals surface area contributed by atoms with Crippen LogP contribution in [-0.2, 0) is 4.74 Å². The van der Waals surface area contributed by atoms with Gasteiger partial charge in [0.1, 0.15) is 5.82 Å².